The maximum atomic E-state index is 12.4. The van der Waals surface area contributed by atoms with Crippen LogP contribution in [0.3, 0.4) is 0 Å². The van der Waals surface area contributed by atoms with Crippen molar-refractivity contribution in [2.45, 2.75) is 43.8 Å². The van der Waals surface area contributed by atoms with Crippen LogP contribution in [0.1, 0.15) is 35.1 Å². The zero-order valence-corrected chi connectivity index (χ0v) is 14.9. The number of hydrogen-bond donors (Lipinski definition) is 1. The highest BCUT2D eigenvalue weighted by molar-refractivity contribution is 7.92. The van der Waals surface area contributed by atoms with Crippen LogP contribution in [0.5, 0.6) is 0 Å². The quantitative estimate of drug-likeness (QED) is 0.891. The highest BCUT2D eigenvalue weighted by Gasteiger charge is 2.36. The molecule has 0 spiro atoms. The summed E-state index contributed by atoms with van der Waals surface area (Å²) in [7, 11) is -1.47. The van der Waals surface area contributed by atoms with Crippen molar-refractivity contribution < 1.29 is 13.2 Å². The number of aryl methyl sites for hydroxylation is 2. The van der Waals surface area contributed by atoms with Gasteiger partial charge in [0.2, 0.25) is 5.91 Å². The number of nitrogens with one attached hydrogen (secondary N) is 1. The Balaban J connectivity index is 1.55. The minimum atomic E-state index is -3.36. The molecule has 1 N–H and O–H groups in total. The number of benzene rings is 1. The monoisotopic (exact) mass is 348 g/mol. The Hall–Kier alpha value is -1.40. The van der Waals surface area contributed by atoms with Crippen LogP contribution in [-0.2, 0) is 40.3 Å². The van der Waals surface area contributed by atoms with Crippen molar-refractivity contribution in [1.29, 1.82) is 0 Å². The van der Waals surface area contributed by atoms with Gasteiger partial charge in [-0.15, -0.1) is 0 Å². The smallest absolute Gasteiger partial charge is 0.239 e. The third-order valence-corrected chi connectivity index (χ3v) is 7.59. The number of nitrogens with zero attached hydrogens (tertiary/aromatic N) is 1. The van der Waals surface area contributed by atoms with E-state index in [-0.39, 0.29) is 11.2 Å². The van der Waals surface area contributed by atoms with E-state index in [1.54, 1.807) is 0 Å². The number of carbonyl (C=O) groups is 1. The molecule has 0 saturated carbocycles. The number of sulfone groups is 1. The van der Waals surface area contributed by atoms with Crippen molar-refractivity contribution in [2.75, 3.05) is 31.2 Å². The van der Waals surface area contributed by atoms with Crippen LogP contribution in [0.4, 0.5) is 5.69 Å². The standard InChI is InChI=1S/C18H24N2O3S/c1-20-9-14(10-20)24(22,23)11-17(21)19-18-15-6-2-4-12(15)8-13-5-3-7-16(13)18/h8,14H,2-7,9-11H2,1H3,(H,19,21). The lowest BCUT2D eigenvalue weighted by atomic mass is 9.98. The highest BCUT2D eigenvalue weighted by Crippen LogP contribution is 2.38. The molecule has 1 amide bonds. The van der Waals surface area contributed by atoms with E-state index < -0.39 is 15.6 Å². The Morgan fingerprint density at radius 2 is 1.71 bits per heavy atom. The van der Waals surface area contributed by atoms with E-state index in [0.717, 1.165) is 44.2 Å². The number of carbonyl (C=O) groups excluding carboxylic acids is 1. The first kappa shape index (κ1) is 16.1. The van der Waals surface area contributed by atoms with Crippen LogP contribution in [-0.4, -0.2) is 50.4 Å². The molecule has 0 bridgehead atoms. The summed E-state index contributed by atoms with van der Waals surface area (Å²) in [4.78, 5) is 14.4. The lowest BCUT2D eigenvalue weighted by Crippen LogP contribution is -2.53. The summed E-state index contributed by atoms with van der Waals surface area (Å²) in [6.07, 6.45) is 6.34. The molecule has 4 rings (SSSR count). The molecular formula is C18H24N2O3S. The third kappa shape index (κ3) is 2.75. The maximum absolute atomic E-state index is 12.4. The van der Waals surface area contributed by atoms with Crippen LogP contribution in [0.2, 0.25) is 0 Å². The fraction of sp³-hybridized carbons (Fsp3) is 0.611. The van der Waals surface area contributed by atoms with Crippen LogP contribution in [0.25, 0.3) is 0 Å². The fourth-order valence-electron chi connectivity index (χ4n) is 4.31. The molecular weight excluding hydrogens is 324 g/mol. The van der Waals surface area contributed by atoms with Crippen LogP contribution >= 0.6 is 0 Å². The number of hydrogen-bond acceptors (Lipinski definition) is 4. The molecule has 1 heterocycles. The number of amides is 1. The van der Waals surface area contributed by atoms with Crippen LogP contribution in [0, 0.1) is 0 Å². The normalized spacial score (nSPS) is 20.5. The van der Waals surface area contributed by atoms with Crippen LogP contribution in [0.15, 0.2) is 6.07 Å². The molecule has 0 radical (unpaired) electrons. The van der Waals surface area contributed by atoms with Gasteiger partial charge in [0.25, 0.3) is 0 Å². The van der Waals surface area contributed by atoms with Gasteiger partial charge < -0.3 is 10.2 Å². The summed E-state index contributed by atoms with van der Waals surface area (Å²) in [5.41, 5.74) is 6.10. The summed E-state index contributed by atoms with van der Waals surface area (Å²) in [6.45, 7) is 1.07. The predicted octanol–water partition coefficient (Wildman–Crippen LogP) is 1.33. The Labute approximate surface area is 143 Å². The van der Waals surface area contributed by atoms with Gasteiger partial charge in [0, 0.05) is 18.8 Å². The Bertz CT molecular complexity index is 763. The minimum Gasteiger partial charge on any atom is -0.325 e. The zero-order chi connectivity index (χ0) is 16.9. The van der Waals surface area contributed by atoms with Gasteiger partial charge in [-0.2, -0.15) is 0 Å². The van der Waals surface area contributed by atoms with Crippen molar-refractivity contribution in [1.82, 2.24) is 4.90 Å². The molecule has 0 unspecified atom stereocenters. The molecule has 2 aliphatic carbocycles. The molecule has 1 aromatic carbocycles. The second kappa shape index (κ2) is 5.85. The third-order valence-electron chi connectivity index (χ3n) is 5.61. The zero-order valence-electron chi connectivity index (χ0n) is 14.1. The average Bonchev–Trinajstić information content (AvgIpc) is 3.11. The van der Waals surface area contributed by atoms with Gasteiger partial charge in [0.05, 0.1) is 5.25 Å². The van der Waals surface area contributed by atoms with Gasteiger partial charge in [-0.25, -0.2) is 8.42 Å². The fourth-order valence-corrected chi connectivity index (χ4v) is 5.95. The Kier molecular flexibility index (Phi) is 3.92. The molecule has 5 nitrogen and oxygen atoms in total. The SMILES string of the molecule is CN1CC(S(=O)(=O)CC(=O)Nc2c3c(cc4c2CCC4)CCC3)C1. The summed E-state index contributed by atoms with van der Waals surface area (Å²) >= 11 is 0. The number of rotatable bonds is 4. The van der Waals surface area contributed by atoms with Crippen LogP contribution < -0.4 is 5.32 Å². The molecule has 1 saturated heterocycles. The number of anilines is 1. The largest absolute Gasteiger partial charge is 0.325 e. The van der Waals surface area contributed by atoms with E-state index in [9.17, 15) is 13.2 Å². The van der Waals surface area contributed by atoms with Crippen molar-refractivity contribution in [3.8, 4) is 0 Å². The first-order chi connectivity index (χ1) is 11.4. The van der Waals surface area contributed by atoms with E-state index in [1.165, 1.54) is 22.3 Å². The molecule has 0 atom stereocenters. The molecule has 1 aliphatic heterocycles. The Morgan fingerprint density at radius 1 is 1.12 bits per heavy atom. The molecule has 6 heteroatoms. The topological polar surface area (TPSA) is 66.5 Å². The molecule has 0 aromatic heterocycles. The van der Waals surface area contributed by atoms with Crippen molar-refractivity contribution in [3.05, 3.63) is 28.3 Å². The second-order valence-electron chi connectivity index (χ2n) is 7.43. The Morgan fingerprint density at radius 3 is 2.25 bits per heavy atom. The maximum Gasteiger partial charge on any atom is 0.239 e. The van der Waals surface area contributed by atoms with Gasteiger partial charge in [-0.1, -0.05) is 6.07 Å². The molecule has 1 aromatic rings. The number of likely N-dealkylation sites (tertiary alicyclic amines) is 1. The average molecular weight is 348 g/mol. The first-order valence-electron chi connectivity index (χ1n) is 8.80. The van der Waals surface area contributed by atoms with Crippen molar-refractivity contribution in [3.63, 3.8) is 0 Å². The lowest BCUT2D eigenvalue weighted by molar-refractivity contribution is -0.113. The predicted molar refractivity (Wildman–Crippen MR) is 94.2 cm³/mol. The lowest BCUT2D eigenvalue weighted by Gasteiger charge is -2.35. The van der Waals surface area contributed by atoms with Gasteiger partial charge in [-0.3, -0.25) is 4.79 Å². The van der Waals surface area contributed by atoms with E-state index in [1.807, 2.05) is 11.9 Å². The van der Waals surface area contributed by atoms with E-state index in [2.05, 4.69) is 11.4 Å². The van der Waals surface area contributed by atoms with E-state index >= 15 is 0 Å². The van der Waals surface area contributed by atoms with Gasteiger partial charge in [-0.05, 0) is 67.8 Å². The van der Waals surface area contributed by atoms with Gasteiger partial charge in [0.15, 0.2) is 9.84 Å². The second-order valence-corrected chi connectivity index (χ2v) is 9.71. The molecule has 3 aliphatic rings. The van der Waals surface area contributed by atoms with Crippen molar-refractivity contribution >= 4 is 21.4 Å². The summed E-state index contributed by atoms with van der Waals surface area (Å²) < 4.78 is 24.7. The van der Waals surface area contributed by atoms with Crippen molar-refractivity contribution in [2.24, 2.45) is 0 Å². The highest BCUT2D eigenvalue weighted by atomic mass is 32.2. The summed E-state index contributed by atoms with van der Waals surface area (Å²) in [5, 5.41) is 2.59. The molecule has 1 fully saturated rings. The summed E-state index contributed by atoms with van der Waals surface area (Å²) in [5.74, 6) is -0.775. The minimum absolute atomic E-state index is 0.376. The molecule has 24 heavy (non-hydrogen) atoms. The van der Waals surface area contributed by atoms with E-state index in [0.29, 0.717) is 13.1 Å². The number of fused-ring (bicyclic) bond motifs is 2. The van der Waals surface area contributed by atoms with Gasteiger partial charge in [0.1, 0.15) is 5.75 Å². The molecule has 130 valence electrons. The first-order valence-corrected chi connectivity index (χ1v) is 10.5. The van der Waals surface area contributed by atoms with E-state index in [4.69, 9.17) is 0 Å². The van der Waals surface area contributed by atoms with Gasteiger partial charge >= 0.3 is 0 Å². The summed E-state index contributed by atoms with van der Waals surface area (Å²) in [6, 6.07) is 2.31.